The minimum absolute atomic E-state index is 0.00910. The Balaban J connectivity index is 1.75. The first kappa shape index (κ1) is 13.2. The smallest absolute Gasteiger partial charge is 0.277 e. The van der Waals surface area contributed by atoms with Gasteiger partial charge in [-0.3, -0.25) is 4.79 Å². The standard InChI is InChI=1S/C14H17N3O3/c1-14(2)19-9-10(20-14)7-8-17-13(18)11-5-3-4-6-12(11)15-16-17/h3-6,10H,7-9H2,1-2H3. The summed E-state index contributed by atoms with van der Waals surface area (Å²) in [7, 11) is 0. The largest absolute Gasteiger partial charge is 0.348 e. The molecule has 2 heterocycles. The van der Waals surface area contributed by atoms with Crippen LogP contribution in [0.4, 0.5) is 0 Å². The molecule has 6 heteroatoms. The number of nitrogens with zero attached hydrogens (tertiary/aromatic N) is 3. The van der Waals surface area contributed by atoms with Crippen molar-refractivity contribution in [3.63, 3.8) is 0 Å². The van der Waals surface area contributed by atoms with E-state index in [4.69, 9.17) is 9.47 Å². The predicted molar refractivity (Wildman–Crippen MR) is 73.3 cm³/mol. The molecular weight excluding hydrogens is 258 g/mol. The van der Waals surface area contributed by atoms with Gasteiger partial charge < -0.3 is 9.47 Å². The van der Waals surface area contributed by atoms with Crippen molar-refractivity contribution in [2.24, 2.45) is 0 Å². The number of aromatic nitrogens is 3. The molecule has 1 unspecified atom stereocenters. The van der Waals surface area contributed by atoms with E-state index in [0.29, 0.717) is 30.5 Å². The van der Waals surface area contributed by atoms with Crippen molar-refractivity contribution in [2.45, 2.75) is 38.7 Å². The molecule has 1 aliphatic rings. The van der Waals surface area contributed by atoms with E-state index in [2.05, 4.69) is 10.3 Å². The summed E-state index contributed by atoms with van der Waals surface area (Å²) in [6, 6.07) is 7.21. The van der Waals surface area contributed by atoms with Crippen LogP contribution in [0.2, 0.25) is 0 Å². The van der Waals surface area contributed by atoms with Gasteiger partial charge in [0.25, 0.3) is 5.56 Å². The molecular formula is C14H17N3O3. The van der Waals surface area contributed by atoms with Crippen molar-refractivity contribution in [1.29, 1.82) is 0 Å². The Kier molecular flexibility index (Phi) is 3.27. The fraction of sp³-hybridized carbons (Fsp3) is 0.500. The highest BCUT2D eigenvalue weighted by atomic mass is 16.7. The maximum absolute atomic E-state index is 12.2. The molecule has 1 aromatic heterocycles. The highest BCUT2D eigenvalue weighted by molar-refractivity contribution is 5.76. The Labute approximate surface area is 116 Å². The molecule has 0 bridgehead atoms. The first-order valence-electron chi connectivity index (χ1n) is 6.69. The minimum Gasteiger partial charge on any atom is -0.348 e. The van der Waals surface area contributed by atoms with E-state index in [9.17, 15) is 4.79 Å². The first-order chi connectivity index (χ1) is 9.55. The maximum Gasteiger partial charge on any atom is 0.277 e. The SMILES string of the molecule is CC1(C)OCC(CCn2nnc3ccccc3c2=O)O1. The van der Waals surface area contributed by atoms with Crippen molar-refractivity contribution < 1.29 is 9.47 Å². The van der Waals surface area contributed by atoms with Crippen LogP contribution >= 0.6 is 0 Å². The predicted octanol–water partition coefficient (Wildman–Crippen LogP) is 1.33. The zero-order valence-corrected chi connectivity index (χ0v) is 11.6. The Morgan fingerprint density at radius 3 is 2.95 bits per heavy atom. The minimum atomic E-state index is -0.537. The van der Waals surface area contributed by atoms with Crippen molar-refractivity contribution in [3.05, 3.63) is 34.6 Å². The molecule has 1 fully saturated rings. The molecule has 0 radical (unpaired) electrons. The number of hydrogen-bond donors (Lipinski definition) is 0. The molecule has 20 heavy (non-hydrogen) atoms. The molecule has 1 saturated heterocycles. The average molecular weight is 275 g/mol. The van der Waals surface area contributed by atoms with Gasteiger partial charge in [0, 0.05) is 6.54 Å². The van der Waals surface area contributed by atoms with Gasteiger partial charge in [-0.2, -0.15) is 0 Å². The average Bonchev–Trinajstić information content (AvgIpc) is 2.78. The molecule has 0 aliphatic carbocycles. The van der Waals surface area contributed by atoms with E-state index in [1.54, 1.807) is 12.1 Å². The second kappa shape index (κ2) is 4.96. The summed E-state index contributed by atoms with van der Waals surface area (Å²) >= 11 is 0. The van der Waals surface area contributed by atoms with Crippen LogP contribution in [0.5, 0.6) is 0 Å². The summed E-state index contributed by atoms with van der Waals surface area (Å²) in [5, 5.41) is 8.61. The fourth-order valence-corrected chi connectivity index (χ4v) is 2.34. The van der Waals surface area contributed by atoms with Crippen LogP contribution in [0.1, 0.15) is 20.3 Å². The molecule has 2 aromatic rings. The third-order valence-corrected chi connectivity index (χ3v) is 3.36. The second-order valence-electron chi connectivity index (χ2n) is 5.37. The summed E-state index contributed by atoms with van der Waals surface area (Å²) in [6.07, 6.45) is 0.668. The summed E-state index contributed by atoms with van der Waals surface area (Å²) in [6.45, 7) is 4.79. The Bertz CT molecular complexity index is 681. The fourth-order valence-electron chi connectivity index (χ4n) is 2.34. The van der Waals surface area contributed by atoms with Gasteiger partial charge in [-0.1, -0.05) is 17.3 Å². The van der Waals surface area contributed by atoms with Crippen LogP contribution < -0.4 is 5.56 Å². The van der Waals surface area contributed by atoms with Gasteiger partial charge >= 0.3 is 0 Å². The lowest BCUT2D eigenvalue weighted by atomic mass is 10.2. The molecule has 0 N–H and O–H groups in total. The van der Waals surface area contributed by atoms with Crippen molar-refractivity contribution in [3.8, 4) is 0 Å². The zero-order valence-electron chi connectivity index (χ0n) is 11.6. The van der Waals surface area contributed by atoms with Gasteiger partial charge in [-0.25, -0.2) is 4.68 Å². The summed E-state index contributed by atoms with van der Waals surface area (Å²) in [5.41, 5.74) is 0.504. The van der Waals surface area contributed by atoms with Crippen LogP contribution in [0.25, 0.3) is 10.9 Å². The van der Waals surface area contributed by atoms with Gasteiger partial charge in [0.05, 0.1) is 18.1 Å². The van der Waals surface area contributed by atoms with Crippen LogP contribution in [0.3, 0.4) is 0 Å². The van der Waals surface area contributed by atoms with E-state index in [-0.39, 0.29) is 11.7 Å². The lowest BCUT2D eigenvalue weighted by Gasteiger charge is -2.17. The van der Waals surface area contributed by atoms with E-state index < -0.39 is 5.79 Å². The van der Waals surface area contributed by atoms with E-state index >= 15 is 0 Å². The first-order valence-corrected chi connectivity index (χ1v) is 6.69. The van der Waals surface area contributed by atoms with Crippen LogP contribution in [0.15, 0.2) is 29.1 Å². The highest BCUT2D eigenvalue weighted by Gasteiger charge is 2.32. The van der Waals surface area contributed by atoms with Gasteiger partial charge in [0.1, 0.15) is 5.52 Å². The molecule has 3 rings (SSSR count). The number of benzene rings is 1. The van der Waals surface area contributed by atoms with Gasteiger partial charge in [0.15, 0.2) is 5.79 Å². The quantitative estimate of drug-likeness (QED) is 0.845. The van der Waals surface area contributed by atoms with Crippen LogP contribution in [-0.2, 0) is 16.0 Å². The number of fused-ring (bicyclic) bond motifs is 1. The van der Waals surface area contributed by atoms with Gasteiger partial charge in [-0.15, -0.1) is 5.10 Å². The number of ether oxygens (including phenoxy) is 2. The van der Waals surface area contributed by atoms with Crippen molar-refractivity contribution in [1.82, 2.24) is 15.0 Å². The lowest BCUT2D eigenvalue weighted by molar-refractivity contribution is -0.139. The molecule has 0 spiro atoms. The molecule has 1 aromatic carbocycles. The molecule has 6 nitrogen and oxygen atoms in total. The maximum atomic E-state index is 12.2. The summed E-state index contributed by atoms with van der Waals surface area (Å²) in [4.78, 5) is 12.2. The Morgan fingerprint density at radius 1 is 1.40 bits per heavy atom. The van der Waals surface area contributed by atoms with Crippen molar-refractivity contribution in [2.75, 3.05) is 6.61 Å². The normalized spacial score (nSPS) is 21.4. The van der Waals surface area contributed by atoms with Crippen molar-refractivity contribution >= 4 is 10.9 Å². The molecule has 106 valence electrons. The highest BCUT2D eigenvalue weighted by Crippen LogP contribution is 2.24. The second-order valence-corrected chi connectivity index (χ2v) is 5.37. The summed E-state index contributed by atoms with van der Waals surface area (Å²) < 4.78 is 12.6. The van der Waals surface area contributed by atoms with Crippen LogP contribution in [-0.4, -0.2) is 33.5 Å². The van der Waals surface area contributed by atoms with E-state index in [1.165, 1.54) is 4.68 Å². The third kappa shape index (κ3) is 2.57. The van der Waals surface area contributed by atoms with Crippen LogP contribution in [0, 0.1) is 0 Å². The monoisotopic (exact) mass is 275 g/mol. The lowest BCUT2D eigenvalue weighted by Crippen LogP contribution is -2.27. The molecule has 1 aliphatic heterocycles. The summed E-state index contributed by atoms with van der Waals surface area (Å²) in [5.74, 6) is -0.537. The Morgan fingerprint density at radius 2 is 2.20 bits per heavy atom. The topological polar surface area (TPSA) is 66.2 Å². The molecule has 0 saturated carbocycles. The Hall–Kier alpha value is -1.79. The van der Waals surface area contributed by atoms with Gasteiger partial charge in [0.2, 0.25) is 0 Å². The van der Waals surface area contributed by atoms with E-state index in [1.807, 2.05) is 26.0 Å². The molecule has 0 amide bonds. The number of aryl methyl sites for hydroxylation is 1. The number of hydrogen-bond acceptors (Lipinski definition) is 5. The third-order valence-electron chi connectivity index (χ3n) is 3.36. The van der Waals surface area contributed by atoms with Gasteiger partial charge in [-0.05, 0) is 32.4 Å². The number of rotatable bonds is 3. The zero-order chi connectivity index (χ0) is 14.2. The molecule has 1 atom stereocenters. The van der Waals surface area contributed by atoms with E-state index in [0.717, 1.165) is 0 Å².